The van der Waals surface area contributed by atoms with Gasteiger partial charge >= 0.3 is 8.60 Å². The molecule has 1 aliphatic rings. The number of hydrogen-bond acceptors (Lipinski definition) is 3. The lowest BCUT2D eigenvalue weighted by Gasteiger charge is -2.27. The molecule has 0 fully saturated rings. The zero-order valence-electron chi connectivity index (χ0n) is 12.5. The molecule has 110 valence electrons. The van der Waals surface area contributed by atoms with Crippen LogP contribution in [0.3, 0.4) is 0 Å². The van der Waals surface area contributed by atoms with Gasteiger partial charge in [0.1, 0.15) is 11.5 Å². The fourth-order valence-electron chi connectivity index (χ4n) is 2.65. The van der Waals surface area contributed by atoms with Gasteiger partial charge in [0.2, 0.25) is 0 Å². The Morgan fingerprint density at radius 1 is 0.952 bits per heavy atom. The van der Waals surface area contributed by atoms with Crippen LogP contribution in [-0.2, 0) is 11.8 Å². The van der Waals surface area contributed by atoms with Gasteiger partial charge in [-0.1, -0.05) is 51.1 Å². The number of para-hydroxylation sites is 1. The second-order valence-electron chi connectivity index (χ2n) is 6.24. The van der Waals surface area contributed by atoms with Gasteiger partial charge < -0.3 is 13.9 Å². The fourth-order valence-corrected chi connectivity index (χ4v) is 3.38. The van der Waals surface area contributed by atoms with Crippen molar-refractivity contribution < 1.29 is 13.9 Å². The minimum Gasteiger partial charge on any atom is -0.418 e. The van der Waals surface area contributed by atoms with E-state index in [-0.39, 0.29) is 5.41 Å². The Hall–Kier alpha value is -1.57. The number of hydrogen-bond donors (Lipinski definition) is 1. The first-order valence-electron chi connectivity index (χ1n) is 7.00. The van der Waals surface area contributed by atoms with E-state index in [1.165, 1.54) is 5.56 Å². The quantitative estimate of drug-likeness (QED) is 0.725. The van der Waals surface area contributed by atoms with Crippen molar-refractivity contribution >= 4 is 8.60 Å². The molecule has 0 saturated carbocycles. The average molecular weight is 302 g/mol. The molecule has 1 unspecified atom stereocenters. The molecule has 1 aliphatic heterocycles. The lowest BCUT2D eigenvalue weighted by molar-refractivity contribution is 0.374. The molecule has 3 nitrogen and oxygen atoms in total. The van der Waals surface area contributed by atoms with Gasteiger partial charge in [-0.2, -0.15) is 0 Å². The van der Waals surface area contributed by atoms with Crippen LogP contribution < -0.4 is 9.05 Å². The van der Waals surface area contributed by atoms with Crippen molar-refractivity contribution in [3.63, 3.8) is 0 Å². The summed E-state index contributed by atoms with van der Waals surface area (Å²) >= 11 is 0. The molecule has 1 atom stereocenters. The smallest absolute Gasteiger partial charge is 0.418 e. The largest absolute Gasteiger partial charge is 0.460 e. The van der Waals surface area contributed by atoms with Gasteiger partial charge in [0.15, 0.2) is 0 Å². The highest BCUT2D eigenvalue weighted by atomic mass is 31.2. The highest BCUT2D eigenvalue weighted by Gasteiger charge is 2.26. The van der Waals surface area contributed by atoms with Crippen molar-refractivity contribution in [2.75, 3.05) is 0 Å². The Balaban J connectivity index is 2.17. The van der Waals surface area contributed by atoms with Gasteiger partial charge in [-0.15, -0.1) is 0 Å². The van der Waals surface area contributed by atoms with Crippen LogP contribution in [0.5, 0.6) is 11.5 Å². The first-order valence-corrected chi connectivity index (χ1v) is 8.13. The first-order chi connectivity index (χ1) is 9.95. The topological polar surface area (TPSA) is 38.7 Å². The Kier molecular flexibility index (Phi) is 3.64. The second kappa shape index (κ2) is 5.32. The van der Waals surface area contributed by atoms with E-state index in [1.807, 2.05) is 36.4 Å². The SMILES string of the molecule is CC(C)(C)c1cccc2c1Cc1ccccc1OP(O)O2. The van der Waals surface area contributed by atoms with Crippen LogP contribution >= 0.6 is 8.60 Å². The van der Waals surface area contributed by atoms with Gasteiger partial charge in [-0.05, 0) is 28.7 Å². The normalized spacial score (nSPS) is 17.6. The fraction of sp³-hybridized carbons (Fsp3) is 0.294. The molecule has 0 aliphatic carbocycles. The Labute approximate surface area is 126 Å². The summed E-state index contributed by atoms with van der Waals surface area (Å²) in [7, 11) is -1.96. The van der Waals surface area contributed by atoms with E-state index in [1.54, 1.807) is 0 Å². The molecule has 2 aromatic carbocycles. The second-order valence-corrected chi connectivity index (χ2v) is 7.08. The van der Waals surface area contributed by atoms with E-state index in [0.29, 0.717) is 11.5 Å². The minimum absolute atomic E-state index is 0.0158. The first kappa shape index (κ1) is 14.4. The van der Waals surface area contributed by atoms with Crippen molar-refractivity contribution in [1.29, 1.82) is 0 Å². The van der Waals surface area contributed by atoms with Crippen LogP contribution in [0.15, 0.2) is 42.5 Å². The monoisotopic (exact) mass is 302 g/mol. The van der Waals surface area contributed by atoms with Gasteiger partial charge in [0.25, 0.3) is 0 Å². The average Bonchev–Trinajstić information content (AvgIpc) is 2.39. The lowest BCUT2D eigenvalue weighted by Crippen LogP contribution is -2.16. The van der Waals surface area contributed by atoms with E-state index in [9.17, 15) is 4.89 Å². The standard InChI is InChI=1S/C17H19O3P/c1-17(2,3)14-8-6-10-16-13(14)11-12-7-4-5-9-15(12)19-21(18)20-16/h4-10,18H,11H2,1-3H3. The molecule has 0 aromatic heterocycles. The third kappa shape index (κ3) is 2.90. The Bertz CT molecular complexity index is 661. The van der Waals surface area contributed by atoms with E-state index in [0.717, 1.165) is 17.5 Å². The highest BCUT2D eigenvalue weighted by Crippen LogP contribution is 2.45. The van der Waals surface area contributed by atoms with Crippen LogP contribution in [0.1, 0.15) is 37.5 Å². The van der Waals surface area contributed by atoms with Gasteiger partial charge in [-0.3, -0.25) is 0 Å². The molecule has 0 amide bonds. The molecule has 0 spiro atoms. The van der Waals surface area contributed by atoms with E-state index in [4.69, 9.17) is 9.05 Å². The molecule has 21 heavy (non-hydrogen) atoms. The molecule has 0 saturated heterocycles. The summed E-state index contributed by atoms with van der Waals surface area (Å²) in [5.74, 6) is 1.41. The molecule has 3 rings (SSSR count). The Morgan fingerprint density at radius 2 is 1.62 bits per heavy atom. The summed E-state index contributed by atoms with van der Waals surface area (Å²) in [6.45, 7) is 6.56. The molecule has 0 bridgehead atoms. The van der Waals surface area contributed by atoms with Crippen molar-refractivity contribution in [2.24, 2.45) is 0 Å². The molecule has 4 heteroatoms. The van der Waals surface area contributed by atoms with E-state index in [2.05, 4.69) is 26.8 Å². The van der Waals surface area contributed by atoms with Crippen LogP contribution in [0, 0.1) is 0 Å². The van der Waals surface area contributed by atoms with Crippen LogP contribution in [0.4, 0.5) is 0 Å². The zero-order valence-corrected chi connectivity index (χ0v) is 13.4. The lowest BCUT2D eigenvalue weighted by atomic mass is 9.81. The highest BCUT2D eigenvalue weighted by molar-refractivity contribution is 7.41. The van der Waals surface area contributed by atoms with Crippen molar-refractivity contribution in [2.45, 2.75) is 32.6 Å². The van der Waals surface area contributed by atoms with Gasteiger partial charge in [-0.25, -0.2) is 0 Å². The number of fused-ring (bicyclic) bond motifs is 2. The molecular weight excluding hydrogens is 283 g/mol. The molecular formula is C17H19O3P. The molecule has 1 N–H and O–H groups in total. The summed E-state index contributed by atoms with van der Waals surface area (Å²) < 4.78 is 11.1. The van der Waals surface area contributed by atoms with Crippen molar-refractivity contribution in [1.82, 2.24) is 0 Å². The summed E-state index contributed by atoms with van der Waals surface area (Å²) in [6, 6.07) is 13.8. The summed E-state index contributed by atoms with van der Waals surface area (Å²) in [6.07, 6.45) is 0.738. The maximum Gasteiger partial charge on any atom is 0.460 e. The summed E-state index contributed by atoms with van der Waals surface area (Å²) in [5.41, 5.74) is 3.45. The number of rotatable bonds is 0. The Morgan fingerprint density at radius 3 is 2.38 bits per heavy atom. The molecule has 0 radical (unpaired) electrons. The van der Waals surface area contributed by atoms with E-state index < -0.39 is 8.60 Å². The maximum atomic E-state index is 10.0. The van der Waals surface area contributed by atoms with Crippen LogP contribution in [0.25, 0.3) is 0 Å². The predicted octanol–water partition coefficient (Wildman–Crippen LogP) is 4.57. The van der Waals surface area contributed by atoms with Crippen molar-refractivity contribution in [3.8, 4) is 11.5 Å². The maximum absolute atomic E-state index is 10.0. The third-order valence-corrected chi connectivity index (χ3v) is 4.34. The minimum atomic E-state index is -1.96. The van der Waals surface area contributed by atoms with Crippen LogP contribution in [0.2, 0.25) is 0 Å². The van der Waals surface area contributed by atoms with E-state index >= 15 is 0 Å². The summed E-state index contributed by atoms with van der Waals surface area (Å²) in [5, 5.41) is 0. The molecule has 2 aromatic rings. The predicted molar refractivity (Wildman–Crippen MR) is 84.8 cm³/mol. The zero-order chi connectivity index (χ0) is 15.0. The third-order valence-electron chi connectivity index (χ3n) is 3.63. The molecule has 1 heterocycles. The van der Waals surface area contributed by atoms with Crippen LogP contribution in [-0.4, -0.2) is 4.89 Å². The van der Waals surface area contributed by atoms with Gasteiger partial charge in [0, 0.05) is 12.0 Å². The number of benzene rings is 2. The van der Waals surface area contributed by atoms with Crippen molar-refractivity contribution in [3.05, 3.63) is 59.2 Å². The summed E-state index contributed by atoms with van der Waals surface area (Å²) in [4.78, 5) is 10.0. The van der Waals surface area contributed by atoms with Gasteiger partial charge in [0.05, 0.1) is 0 Å².